The summed E-state index contributed by atoms with van der Waals surface area (Å²) in [6, 6.07) is 14.1. The number of benzene rings is 1. The second-order valence-electron chi connectivity index (χ2n) is 8.30. The number of aromatic nitrogens is 4. The average Bonchev–Trinajstić information content (AvgIpc) is 3.43. The SMILES string of the molecule is Cc1c(-c2cc(Sc3ccccc3C#N)c3c(C#N)cnn3c2)cnn1C[C@@H]1CCCNC1. The highest BCUT2D eigenvalue weighted by Crippen LogP contribution is 2.37. The van der Waals surface area contributed by atoms with Gasteiger partial charge in [-0.15, -0.1) is 0 Å². The summed E-state index contributed by atoms with van der Waals surface area (Å²) >= 11 is 1.48. The molecule has 0 aliphatic carbocycles. The Kier molecular flexibility index (Phi) is 5.87. The number of hydrogen-bond donors (Lipinski definition) is 1. The molecule has 7 nitrogen and oxygen atoms in total. The summed E-state index contributed by atoms with van der Waals surface area (Å²) < 4.78 is 3.85. The Hall–Kier alpha value is -3.59. The maximum absolute atomic E-state index is 9.62. The molecule has 1 saturated heterocycles. The number of fused-ring (bicyclic) bond motifs is 1. The highest BCUT2D eigenvalue weighted by Gasteiger charge is 2.19. The van der Waals surface area contributed by atoms with Crippen LogP contribution in [0.25, 0.3) is 16.6 Å². The second-order valence-corrected chi connectivity index (χ2v) is 9.39. The van der Waals surface area contributed by atoms with Gasteiger partial charge >= 0.3 is 0 Å². The Bertz CT molecular complexity index is 1400. The summed E-state index contributed by atoms with van der Waals surface area (Å²) in [7, 11) is 0. The van der Waals surface area contributed by atoms with E-state index in [1.807, 2.05) is 30.6 Å². The molecule has 0 amide bonds. The van der Waals surface area contributed by atoms with Crippen LogP contribution >= 0.6 is 11.8 Å². The van der Waals surface area contributed by atoms with Gasteiger partial charge < -0.3 is 5.32 Å². The quantitative estimate of drug-likeness (QED) is 0.481. The number of nitrogens with zero attached hydrogens (tertiary/aromatic N) is 6. The van der Waals surface area contributed by atoms with E-state index in [4.69, 9.17) is 0 Å². The van der Waals surface area contributed by atoms with Crippen LogP contribution in [0, 0.1) is 35.5 Å². The van der Waals surface area contributed by atoms with E-state index in [-0.39, 0.29) is 0 Å². The van der Waals surface area contributed by atoms with Crippen LogP contribution in [0.3, 0.4) is 0 Å². The zero-order valence-electron chi connectivity index (χ0n) is 18.3. The van der Waals surface area contributed by atoms with Crippen molar-refractivity contribution in [2.75, 3.05) is 13.1 Å². The first-order valence-corrected chi connectivity index (χ1v) is 11.8. The molecule has 4 aromatic rings. The fourth-order valence-electron chi connectivity index (χ4n) is 4.40. The van der Waals surface area contributed by atoms with E-state index in [1.165, 1.54) is 24.6 Å². The van der Waals surface area contributed by atoms with Crippen molar-refractivity contribution in [3.05, 3.63) is 65.7 Å². The second kappa shape index (κ2) is 9.11. The molecule has 0 unspecified atom stereocenters. The van der Waals surface area contributed by atoms with Gasteiger partial charge in [-0.2, -0.15) is 20.7 Å². The Morgan fingerprint density at radius 2 is 1.97 bits per heavy atom. The van der Waals surface area contributed by atoms with E-state index < -0.39 is 0 Å². The Labute approximate surface area is 196 Å². The van der Waals surface area contributed by atoms with Crippen LogP contribution in [-0.4, -0.2) is 32.5 Å². The van der Waals surface area contributed by atoms with E-state index in [9.17, 15) is 10.5 Å². The van der Waals surface area contributed by atoms with Crippen LogP contribution in [0.5, 0.6) is 0 Å². The zero-order chi connectivity index (χ0) is 22.8. The minimum Gasteiger partial charge on any atom is -0.316 e. The summed E-state index contributed by atoms with van der Waals surface area (Å²) in [4.78, 5) is 1.73. The molecule has 0 saturated carbocycles. The number of nitriles is 2. The minimum absolute atomic E-state index is 0.510. The summed E-state index contributed by atoms with van der Waals surface area (Å²) in [5, 5.41) is 31.7. The average molecular weight is 454 g/mol. The molecule has 4 heterocycles. The van der Waals surface area contributed by atoms with E-state index >= 15 is 0 Å². The number of piperidine rings is 1. The normalized spacial score (nSPS) is 15.9. The summed E-state index contributed by atoms with van der Waals surface area (Å²) in [6.07, 6.45) is 7.88. The van der Waals surface area contributed by atoms with Gasteiger partial charge in [0, 0.05) is 39.4 Å². The van der Waals surface area contributed by atoms with Crippen molar-refractivity contribution < 1.29 is 0 Å². The summed E-state index contributed by atoms with van der Waals surface area (Å²) in [5.41, 5.74) is 5.01. The minimum atomic E-state index is 0.510. The number of hydrogen-bond acceptors (Lipinski definition) is 6. The lowest BCUT2D eigenvalue weighted by Crippen LogP contribution is -2.32. The van der Waals surface area contributed by atoms with Crippen molar-refractivity contribution in [3.8, 4) is 23.3 Å². The van der Waals surface area contributed by atoms with Gasteiger partial charge in [0.25, 0.3) is 0 Å². The predicted molar refractivity (Wildman–Crippen MR) is 127 cm³/mol. The molecular formula is C25H23N7S. The Morgan fingerprint density at radius 1 is 1.12 bits per heavy atom. The van der Waals surface area contributed by atoms with Crippen molar-refractivity contribution in [1.29, 1.82) is 10.5 Å². The molecule has 1 fully saturated rings. The zero-order valence-corrected chi connectivity index (χ0v) is 19.1. The molecular weight excluding hydrogens is 430 g/mol. The molecule has 5 rings (SSSR count). The Balaban J connectivity index is 1.56. The van der Waals surface area contributed by atoms with E-state index in [0.717, 1.165) is 51.8 Å². The lowest BCUT2D eigenvalue weighted by molar-refractivity contribution is 0.323. The first kappa shape index (κ1) is 21.3. The van der Waals surface area contributed by atoms with Crippen LogP contribution in [0.2, 0.25) is 0 Å². The van der Waals surface area contributed by atoms with Crippen LogP contribution in [-0.2, 0) is 6.54 Å². The molecule has 1 atom stereocenters. The third-order valence-electron chi connectivity index (χ3n) is 6.17. The highest BCUT2D eigenvalue weighted by atomic mass is 32.2. The van der Waals surface area contributed by atoms with E-state index in [1.54, 1.807) is 16.8 Å². The monoisotopic (exact) mass is 453 g/mol. The van der Waals surface area contributed by atoms with Gasteiger partial charge in [-0.1, -0.05) is 23.9 Å². The summed E-state index contributed by atoms with van der Waals surface area (Å²) in [5.74, 6) is 0.589. The van der Waals surface area contributed by atoms with Gasteiger partial charge in [-0.3, -0.25) is 4.68 Å². The molecule has 164 valence electrons. The maximum Gasteiger partial charge on any atom is 0.103 e. The molecule has 0 radical (unpaired) electrons. The van der Waals surface area contributed by atoms with Gasteiger partial charge in [0.05, 0.1) is 29.0 Å². The molecule has 3 aromatic heterocycles. The van der Waals surface area contributed by atoms with Crippen molar-refractivity contribution in [2.45, 2.75) is 36.1 Å². The maximum atomic E-state index is 9.62. The third kappa shape index (κ3) is 4.11. The van der Waals surface area contributed by atoms with E-state index in [2.05, 4.69) is 45.3 Å². The number of pyridine rings is 1. The molecule has 0 bridgehead atoms. The van der Waals surface area contributed by atoms with Crippen LogP contribution in [0.15, 0.2) is 58.7 Å². The van der Waals surface area contributed by atoms with Gasteiger partial charge in [-0.05, 0) is 57.0 Å². The fraction of sp³-hybridized carbons (Fsp3) is 0.280. The smallest absolute Gasteiger partial charge is 0.103 e. The number of rotatable bonds is 5. The van der Waals surface area contributed by atoms with Crippen LogP contribution < -0.4 is 5.32 Å². The van der Waals surface area contributed by atoms with E-state index in [0.29, 0.717) is 17.0 Å². The lowest BCUT2D eigenvalue weighted by Gasteiger charge is -2.23. The van der Waals surface area contributed by atoms with Crippen molar-refractivity contribution >= 4 is 17.3 Å². The standard InChI is InChI=1S/C25H23N7S/c1-17-22(14-30-31(17)15-18-5-4-8-28-12-18)20-9-24(25-21(11-27)13-29-32(25)16-20)33-23-7-3-2-6-19(23)10-26/h2-3,6-7,9,13-14,16,18,28H,4-5,8,12,15H2,1H3/t18-/m1/s1. The molecule has 1 aromatic carbocycles. The van der Waals surface area contributed by atoms with Crippen molar-refractivity contribution in [1.82, 2.24) is 24.7 Å². The molecule has 0 spiro atoms. The number of nitrogens with one attached hydrogen (secondary N) is 1. The predicted octanol–water partition coefficient (Wildman–Crippen LogP) is 4.40. The molecule has 1 aliphatic rings. The largest absolute Gasteiger partial charge is 0.316 e. The van der Waals surface area contributed by atoms with Gasteiger partial charge in [0.15, 0.2) is 0 Å². The fourth-order valence-corrected chi connectivity index (χ4v) is 5.49. The van der Waals surface area contributed by atoms with Gasteiger partial charge in [-0.25, -0.2) is 4.52 Å². The topological polar surface area (TPSA) is 94.7 Å². The summed E-state index contributed by atoms with van der Waals surface area (Å²) in [6.45, 7) is 5.14. The lowest BCUT2D eigenvalue weighted by atomic mass is 9.99. The third-order valence-corrected chi connectivity index (χ3v) is 7.28. The van der Waals surface area contributed by atoms with Gasteiger partial charge in [0.1, 0.15) is 12.1 Å². The molecule has 1 N–H and O–H groups in total. The van der Waals surface area contributed by atoms with Gasteiger partial charge in [0.2, 0.25) is 0 Å². The molecule has 8 heteroatoms. The van der Waals surface area contributed by atoms with Crippen molar-refractivity contribution in [3.63, 3.8) is 0 Å². The highest BCUT2D eigenvalue weighted by molar-refractivity contribution is 7.99. The van der Waals surface area contributed by atoms with Crippen molar-refractivity contribution in [2.24, 2.45) is 5.92 Å². The van der Waals surface area contributed by atoms with Crippen LogP contribution in [0.1, 0.15) is 29.7 Å². The first-order valence-electron chi connectivity index (χ1n) is 11.0. The van der Waals surface area contributed by atoms with Crippen LogP contribution in [0.4, 0.5) is 0 Å². The first-order chi connectivity index (χ1) is 16.2. The Morgan fingerprint density at radius 3 is 2.76 bits per heavy atom. The molecule has 33 heavy (non-hydrogen) atoms. The molecule has 1 aliphatic heterocycles.